The quantitative estimate of drug-likeness (QED) is 0.852. The molecular formula is C16H20ClNO2. The van der Waals surface area contributed by atoms with E-state index < -0.39 is 0 Å². The van der Waals surface area contributed by atoms with Gasteiger partial charge < -0.3 is 10.1 Å². The largest absolute Gasteiger partial charge is 0.379 e. The average Bonchev–Trinajstić information content (AvgIpc) is 2.48. The fraction of sp³-hybridized carbons (Fsp3) is 0.562. The summed E-state index contributed by atoms with van der Waals surface area (Å²) in [5.41, 5.74) is 1.00. The van der Waals surface area contributed by atoms with Gasteiger partial charge in [0.15, 0.2) is 0 Å². The van der Waals surface area contributed by atoms with Crippen LogP contribution in [0.4, 0.5) is 0 Å². The van der Waals surface area contributed by atoms with Gasteiger partial charge in [-0.1, -0.05) is 36.8 Å². The molecule has 1 aliphatic carbocycles. The lowest BCUT2D eigenvalue weighted by Gasteiger charge is -2.46. The Morgan fingerprint density at radius 2 is 2.00 bits per heavy atom. The number of methoxy groups -OCH3 is 1. The lowest BCUT2D eigenvalue weighted by Crippen LogP contribution is -2.60. The normalized spacial score (nSPS) is 37.1. The molecule has 5 atom stereocenters. The topological polar surface area (TPSA) is 38.3 Å². The Morgan fingerprint density at radius 1 is 1.25 bits per heavy atom. The summed E-state index contributed by atoms with van der Waals surface area (Å²) >= 11 is 6.69. The molecule has 20 heavy (non-hydrogen) atoms. The van der Waals surface area contributed by atoms with Crippen molar-refractivity contribution in [2.75, 3.05) is 7.11 Å². The lowest BCUT2D eigenvalue weighted by molar-refractivity contribution is -0.129. The molecule has 0 spiro atoms. The van der Waals surface area contributed by atoms with Crippen molar-refractivity contribution < 1.29 is 9.53 Å². The van der Waals surface area contributed by atoms with Crippen LogP contribution in [0.2, 0.25) is 0 Å². The van der Waals surface area contributed by atoms with Crippen LogP contribution in [-0.4, -0.2) is 30.5 Å². The smallest absolute Gasteiger partial charge is 0.229 e. The lowest BCUT2D eigenvalue weighted by atomic mass is 9.72. The predicted molar refractivity (Wildman–Crippen MR) is 78.9 cm³/mol. The van der Waals surface area contributed by atoms with Gasteiger partial charge in [-0.15, -0.1) is 11.6 Å². The number of alkyl halides is 1. The number of benzene rings is 1. The molecule has 0 aromatic heterocycles. The molecule has 108 valence electrons. The van der Waals surface area contributed by atoms with Gasteiger partial charge in [0.2, 0.25) is 5.91 Å². The average molecular weight is 294 g/mol. The molecule has 1 heterocycles. The molecule has 4 heteroatoms. The highest BCUT2D eigenvalue weighted by molar-refractivity contribution is 6.23. The second-order valence-corrected chi connectivity index (χ2v) is 6.24. The first-order valence-corrected chi connectivity index (χ1v) is 7.68. The third-order valence-electron chi connectivity index (χ3n) is 4.67. The first-order chi connectivity index (χ1) is 9.72. The molecule has 0 radical (unpaired) electrons. The molecule has 1 saturated carbocycles. The molecule has 3 rings (SSSR count). The van der Waals surface area contributed by atoms with E-state index in [2.05, 4.69) is 5.32 Å². The molecule has 1 aliphatic heterocycles. The van der Waals surface area contributed by atoms with Gasteiger partial charge in [0, 0.05) is 7.11 Å². The van der Waals surface area contributed by atoms with E-state index >= 15 is 0 Å². The number of amides is 1. The van der Waals surface area contributed by atoms with E-state index in [4.69, 9.17) is 16.3 Å². The fourth-order valence-electron chi connectivity index (χ4n) is 3.65. The number of nitrogens with one attached hydrogen (secondary N) is 1. The second kappa shape index (κ2) is 5.74. The maximum absolute atomic E-state index is 12.5. The van der Waals surface area contributed by atoms with E-state index in [0.29, 0.717) is 5.92 Å². The van der Waals surface area contributed by atoms with Crippen LogP contribution in [-0.2, 0) is 9.53 Å². The first kappa shape index (κ1) is 13.9. The molecule has 5 unspecified atom stereocenters. The highest BCUT2D eigenvalue weighted by atomic mass is 35.5. The molecule has 2 aliphatic rings. The van der Waals surface area contributed by atoms with Crippen LogP contribution in [0.3, 0.4) is 0 Å². The van der Waals surface area contributed by atoms with Crippen molar-refractivity contribution in [3.63, 3.8) is 0 Å². The van der Waals surface area contributed by atoms with E-state index in [1.54, 1.807) is 7.11 Å². The van der Waals surface area contributed by atoms with Gasteiger partial charge in [0.1, 0.15) is 0 Å². The summed E-state index contributed by atoms with van der Waals surface area (Å²) in [6, 6.07) is 9.89. The van der Waals surface area contributed by atoms with Gasteiger partial charge in [-0.2, -0.15) is 0 Å². The van der Waals surface area contributed by atoms with Crippen LogP contribution in [0, 0.1) is 5.92 Å². The SMILES string of the molecule is COC1CCCC2C(Cl)C(c3ccccc3)C(=O)NC12. The van der Waals surface area contributed by atoms with Crippen molar-refractivity contribution in [2.24, 2.45) is 5.92 Å². The van der Waals surface area contributed by atoms with Crippen molar-refractivity contribution in [2.45, 2.75) is 42.7 Å². The zero-order valence-electron chi connectivity index (χ0n) is 11.6. The number of piperidine rings is 1. The van der Waals surface area contributed by atoms with Crippen molar-refractivity contribution in [3.05, 3.63) is 35.9 Å². The molecule has 0 bridgehead atoms. The Hall–Kier alpha value is -1.06. The van der Waals surface area contributed by atoms with Crippen molar-refractivity contribution in [1.29, 1.82) is 0 Å². The number of hydrogen-bond donors (Lipinski definition) is 1. The summed E-state index contributed by atoms with van der Waals surface area (Å²) in [4.78, 5) is 12.5. The summed E-state index contributed by atoms with van der Waals surface area (Å²) in [6.45, 7) is 0. The summed E-state index contributed by atoms with van der Waals surface area (Å²) in [5.74, 6) is 0.0643. The van der Waals surface area contributed by atoms with Crippen LogP contribution < -0.4 is 5.32 Å². The van der Waals surface area contributed by atoms with Crippen molar-refractivity contribution in [3.8, 4) is 0 Å². The third-order valence-corrected chi connectivity index (χ3v) is 5.24. The third kappa shape index (κ3) is 2.33. The van der Waals surface area contributed by atoms with E-state index in [0.717, 1.165) is 24.8 Å². The summed E-state index contributed by atoms with van der Waals surface area (Å²) in [6.07, 6.45) is 3.26. The number of halogens is 1. The number of carbonyl (C=O) groups excluding carboxylic acids is 1. The van der Waals surface area contributed by atoms with Crippen molar-refractivity contribution in [1.82, 2.24) is 5.32 Å². The first-order valence-electron chi connectivity index (χ1n) is 7.24. The van der Waals surface area contributed by atoms with Gasteiger partial charge in [-0.3, -0.25) is 4.79 Å². The van der Waals surface area contributed by atoms with Crippen LogP contribution in [0.1, 0.15) is 30.7 Å². The van der Waals surface area contributed by atoms with Gasteiger partial charge in [-0.25, -0.2) is 0 Å². The zero-order valence-corrected chi connectivity index (χ0v) is 12.3. The van der Waals surface area contributed by atoms with E-state index in [1.165, 1.54) is 0 Å². The molecular weight excluding hydrogens is 274 g/mol. The summed E-state index contributed by atoms with van der Waals surface area (Å²) in [5, 5.41) is 2.99. The molecule has 1 N–H and O–H groups in total. The maximum atomic E-state index is 12.5. The fourth-order valence-corrected chi connectivity index (χ4v) is 4.20. The Kier molecular flexibility index (Phi) is 3.99. The predicted octanol–water partition coefficient (Wildman–Crippen LogP) is 2.69. The molecule has 2 fully saturated rings. The minimum atomic E-state index is -0.255. The van der Waals surface area contributed by atoms with Crippen LogP contribution in [0.25, 0.3) is 0 Å². The Bertz CT molecular complexity index is 479. The number of carbonyl (C=O) groups is 1. The van der Waals surface area contributed by atoms with E-state index in [-0.39, 0.29) is 29.3 Å². The van der Waals surface area contributed by atoms with Gasteiger partial charge in [0.05, 0.1) is 23.4 Å². The highest BCUT2D eigenvalue weighted by Crippen LogP contribution is 2.41. The molecule has 1 aromatic carbocycles. The maximum Gasteiger partial charge on any atom is 0.229 e. The molecule has 3 nitrogen and oxygen atoms in total. The number of fused-ring (bicyclic) bond motifs is 1. The number of rotatable bonds is 2. The second-order valence-electron chi connectivity index (χ2n) is 5.74. The van der Waals surface area contributed by atoms with Crippen LogP contribution in [0.15, 0.2) is 30.3 Å². The zero-order chi connectivity index (χ0) is 14.1. The Labute approximate surface area is 124 Å². The summed E-state index contributed by atoms with van der Waals surface area (Å²) < 4.78 is 5.52. The monoisotopic (exact) mass is 293 g/mol. The minimum Gasteiger partial charge on any atom is -0.379 e. The number of hydrogen-bond acceptors (Lipinski definition) is 2. The van der Waals surface area contributed by atoms with Gasteiger partial charge >= 0.3 is 0 Å². The summed E-state index contributed by atoms with van der Waals surface area (Å²) in [7, 11) is 1.71. The minimum absolute atomic E-state index is 0.0291. The highest BCUT2D eigenvalue weighted by Gasteiger charge is 2.47. The molecule has 1 amide bonds. The molecule has 1 aromatic rings. The molecule has 1 saturated heterocycles. The van der Waals surface area contributed by atoms with Crippen molar-refractivity contribution >= 4 is 17.5 Å². The van der Waals surface area contributed by atoms with E-state index in [1.807, 2.05) is 30.3 Å². The Morgan fingerprint density at radius 3 is 2.70 bits per heavy atom. The standard InChI is InChI=1S/C16H20ClNO2/c1-20-12-9-5-8-11-14(17)13(16(19)18-15(11)12)10-6-3-2-4-7-10/h2-4,6-7,11-15H,5,8-9H2,1H3,(H,18,19). The van der Waals surface area contributed by atoms with Gasteiger partial charge in [0.25, 0.3) is 0 Å². The Balaban J connectivity index is 1.88. The van der Waals surface area contributed by atoms with Crippen LogP contribution >= 0.6 is 11.6 Å². The van der Waals surface area contributed by atoms with E-state index in [9.17, 15) is 4.79 Å². The van der Waals surface area contributed by atoms with Crippen LogP contribution in [0.5, 0.6) is 0 Å². The van der Waals surface area contributed by atoms with Gasteiger partial charge in [-0.05, 0) is 24.3 Å². The number of ether oxygens (including phenoxy) is 1.